The fraction of sp³-hybridized carbons (Fsp3) is 0. The molecule has 0 aliphatic carbocycles. The zero-order valence-corrected chi connectivity index (χ0v) is 13.7. The van der Waals surface area contributed by atoms with Gasteiger partial charge in [0.2, 0.25) is 0 Å². The maximum absolute atomic E-state index is 13.6. The van der Waals surface area contributed by atoms with E-state index in [4.69, 9.17) is 4.74 Å². The lowest BCUT2D eigenvalue weighted by Gasteiger charge is -2.09. The molecule has 1 heterocycles. The number of nitrogens with zero attached hydrogens (tertiary/aromatic N) is 2. The summed E-state index contributed by atoms with van der Waals surface area (Å²) in [5, 5.41) is 0. The summed E-state index contributed by atoms with van der Waals surface area (Å²) < 4.78 is 71.7. The van der Waals surface area contributed by atoms with E-state index in [-0.39, 0.29) is 17.4 Å². The summed E-state index contributed by atoms with van der Waals surface area (Å²) in [7, 11) is -4.39. The standard InChI is InChI=1S/C16H10F3N3O3S/c17-10-5-6-13(19)15(7-10)26(23,24)22-11-8-20-16(21-9-11)25-14-4-2-1-3-12(14)18/h1-9,22H. The lowest BCUT2D eigenvalue weighted by Crippen LogP contribution is -2.15. The van der Waals surface area contributed by atoms with Gasteiger partial charge in [-0.1, -0.05) is 12.1 Å². The quantitative estimate of drug-likeness (QED) is 0.732. The van der Waals surface area contributed by atoms with Crippen LogP contribution < -0.4 is 9.46 Å². The number of anilines is 1. The fourth-order valence-electron chi connectivity index (χ4n) is 1.94. The van der Waals surface area contributed by atoms with Gasteiger partial charge in [-0.15, -0.1) is 0 Å². The molecule has 0 unspecified atom stereocenters. The first-order valence-corrected chi connectivity index (χ1v) is 8.56. The Morgan fingerprint density at radius 3 is 2.31 bits per heavy atom. The van der Waals surface area contributed by atoms with Crippen LogP contribution in [0.5, 0.6) is 11.8 Å². The van der Waals surface area contributed by atoms with Gasteiger partial charge in [-0.05, 0) is 30.3 Å². The SMILES string of the molecule is O=S(=O)(Nc1cnc(Oc2ccccc2F)nc1)c1cc(F)ccc1F. The number of nitrogens with one attached hydrogen (secondary N) is 1. The van der Waals surface area contributed by atoms with Gasteiger partial charge in [0.25, 0.3) is 10.0 Å². The first-order chi connectivity index (χ1) is 12.3. The smallest absolute Gasteiger partial charge is 0.322 e. The molecule has 0 radical (unpaired) electrons. The third-order valence-corrected chi connectivity index (χ3v) is 4.50. The van der Waals surface area contributed by atoms with Crippen LogP contribution in [-0.4, -0.2) is 18.4 Å². The molecule has 0 fully saturated rings. The molecule has 0 saturated heterocycles. The second-order valence-electron chi connectivity index (χ2n) is 4.97. The summed E-state index contributed by atoms with van der Waals surface area (Å²) in [4.78, 5) is 6.62. The Bertz CT molecular complexity index is 1040. The van der Waals surface area contributed by atoms with Gasteiger partial charge in [-0.25, -0.2) is 31.6 Å². The molecule has 10 heteroatoms. The van der Waals surface area contributed by atoms with Gasteiger partial charge < -0.3 is 4.74 Å². The van der Waals surface area contributed by atoms with E-state index in [9.17, 15) is 21.6 Å². The van der Waals surface area contributed by atoms with Crippen LogP contribution in [0.3, 0.4) is 0 Å². The van der Waals surface area contributed by atoms with Gasteiger partial charge in [-0.3, -0.25) is 4.72 Å². The van der Waals surface area contributed by atoms with Crippen molar-refractivity contribution in [3.05, 3.63) is 72.3 Å². The van der Waals surface area contributed by atoms with Crippen molar-refractivity contribution in [2.24, 2.45) is 0 Å². The normalized spacial score (nSPS) is 11.2. The van der Waals surface area contributed by atoms with E-state index in [1.807, 2.05) is 4.72 Å². The summed E-state index contributed by atoms with van der Waals surface area (Å²) in [6, 6.07) is 7.40. The number of para-hydroxylation sites is 1. The van der Waals surface area contributed by atoms with Crippen molar-refractivity contribution in [3.8, 4) is 11.8 Å². The van der Waals surface area contributed by atoms with Crippen molar-refractivity contribution in [1.29, 1.82) is 0 Å². The maximum atomic E-state index is 13.6. The lowest BCUT2D eigenvalue weighted by atomic mass is 10.3. The molecule has 2 aromatic carbocycles. The van der Waals surface area contributed by atoms with Gasteiger partial charge in [0, 0.05) is 0 Å². The van der Waals surface area contributed by atoms with Crippen molar-refractivity contribution in [3.63, 3.8) is 0 Å². The van der Waals surface area contributed by atoms with Crippen molar-refractivity contribution in [1.82, 2.24) is 9.97 Å². The predicted molar refractivity (Wildman–Crippen MR) is 85.7 cm³/mol. The molecule has 6 nitrogen and oxygen atoms in total. The Balaban J connectivity index is 1.79. The summed E-state index contributed by atoms with van der Waals surface area (Å²) in [5.74, 6) is -2.75. The number of hydrogen-bond donors (Lipinski definition) is 1. The molecule has 0 spiro atoms. The first kappa shape index (κ1) is 17.7. The molecule has 0 saturated carbocycles. The minimum Gasteiger partial charge on any atom is -0.421 e. The van der Waals surface area contributed by atoms with E-state index >= 15 is 0 Å². The molecule has 26 heavy (non-hydrogen) atoms. The van der Waals surface area contributed by atoms with Gasteiger partial charge in [0.15, 0.2) is 11.6 Å². The van der Waals surface area contributed by atoms with E-state index < -0.39 is 32.4 Å². The van der Waals surface area contributed by atoms with E-state index in [2.05, 4.69) is 9.97 Å². The minimum absolute atomic E-state index is 0.109. The molecule has 0 aliphatic heterocycles. The van der Waals surface area contributed by atoms with Crippen molar-refractivity contribution < 1.29 is 26.3 Å². The van der Waals surface area contributed by atoms with Crippen LogP contribution in [0.1, 0.15) is 0 Å². The Morgan fingerprint density at radius 2 is 1.62 bits per heavy atom. The summed E-state index contributed by atoms with van der Waals surface area (Å²) in [6.07, 6.45) is 2.08. The minimum atomic E-state index is -4.39. The Morgan fingerprint density at radius 1 is 0.923 bits per heavy atom. The second-order valence-corrected chi connectivity index (χ2v) is 6.62. The third kappa shape index (κ3) is 3.91. The highest BCUT2D eigenvalue weighted by Gasteiger charge is 2.20. The highest BCUT2D eigenvalue weighted by molar-refractivity contribution is 7.92. The molecule has 3 aromatic rings. The Kier molecular flexibility index (Phi) is 4.76. The summed E-state index contributed by atoms with van der Waals surface area (Å²) >= 11 is 0. The van der Waals surface area contributed by atoms with E-state index in [0.717, 1.165) is 18.5 Å². The topological polar surface area (TPSA) is 81.2 Å². The third-order valence-electron chi connectivity index (χ3n) is 3.10. The van der Waals surface area contributed by atoms with E-state index in [1.54, 1.807) is 6.07 Å². The number of rotatable bonds is 5. The number of benzene rings is 2. The molecular weight excluding hydrogens is 371 g/mol. The number of aromatic nitrogens is 2. The highest BCUT2D eigenvalue weighted by Crippen LogP contribution is 2.23. The fourth-order valence-corrected chi connectivity index (χ4v) is 3.06. The molecule has 0 bridgehead atoms. The molecular formula is C16H10F3N3O3S. The van der Waals surface area contributed by atoms with Crippen LogP contribution in [0, 0.1) is 17.5 Å². The van der Waals surface area contributed by atoms with Crippen LogP contribution in [0.2, 0.25) is 0 Å². The second kappa shape index (κ2) is 7.00. The van der Waals surface area contributed by atoms with Crippen LogP contribution in [-0.2, 0) is 10.0 Å². The monoisotopic (exact) mass is 381 g/mol. The summed E-state index contributed by atoms with van der Waals surface area (Å²) in [5.41, 5.74) is -0.116. The van der Waals surface area contributed by atoms with Gasteiger partial charge in [0.1, 0.15) is 16.5 Å². The predicted octanol–water partition coefficient (Wildman–Crippen LogP) is 3.49. The maximum Gasteiger partial charge on any atom is 0.322 e. The number of hydrogen-bond acceptors (Lipinski definition) is 5. The van der Waals surface area contributed by atoms with Gasteiger partial charge >= 0.3 is 6.01 Å². The molecule has 0 aliphatic rings. The van der Waals surface area contributed by atoms with Crippen LogP contribution in [0.25, 0.3) is 0 Å². The zero-order chi connectivity index (χ0) is 18.7. The Labute approximate surface area is 146 Å². The lowest BCUT2D eigenvalue weighted by molar-refractivity contribution is 0.411. The average molecular weight is 381 g/mol. The average Bonchev–Trinajstić information content (AvgIpc) is 2.60. The van der Waals surface area contributed by atoms with Crippen molar-refractivity contribution in [2.75, 3.05) is 4.72 Å². The van der Waals surface area contributed by atoms with Gasteiger partial charge in [0.05, 0.1) is 18.1 Å². The van der Waals surface area contributed by atoms with E-state index in [1.165, 1.54) is 18.2 Å². The van der Waals surface area contributed by atoms with Crippen LogP contribution >= 0.6 is 0 Å². The molecule has 3 rings (SSSR count). The molecule has 0 amide bonds. The Hall–Kier alpha value is -3.14. The molecule has 1 N–H and O–H groups in total. The van der Waals surface area contributed by atoms with Crippen molar-refractivity contribution in [2.45, 2.75) is 4.90 Å². The number of sulfonamides is 1. The molecule has 1 aromatic heterocycles. The first-order valence-electron chi connectivity index (χ1n) is 7.07. The van der Waals surface area contributed by atoms with Crippen LogP contribution in [0.15, 0.2) is 59.8 Å². The molecule has 134 valence electrons. The van der Waals surface area contributed by atoms with Crippen LogP contribution in [0.4, 0.5) is 18.9 Å². The number of ether oxygens (including phenoxy) is 1. The highest BCUT2D eigenvalue weighted by atomic mass is 32.2. The molecule has 0 atom stereocenters. The summed E-state index contributed by atoms with van der Waals surface area (Å²) in [6.45, 7) is 0. The van der Waals surface area contributed by atoms with Crippen molar-refractivity contribution >= 4 is 15.7 Å². The van der Waals surface area contributed by atoms with Gasteiger partial charge in [-0.2, -0.15) is 0 Å². The van der Waals surface area contributed by atoms with E-state index in [0.29, 0.717) is 12.1 Å². The number of halogens is 3. The zero-order valence-electron chi connectivity index (χ0n) is 12.9. The largest absolute Gasteiger partial charge is 0.421 e.